The zero-order valence-corrected chi connectivity index (χ0v) is 25.0. The molecule has 4 nitrogen and oxygen atoms in total. The molecule has 0 unspecified atom stereocenters. The van der Waals surface area contributed by atoms with Crippen LogP contribution in [0.25, 0.3) is 43.1 Å². The van der Waals surface area contributed by atoms with Crippen LogP contribution in [-0.2, 0) is 0 Å². The molecule has 0 amide bonds. The summed E-state index contributed by atoms with van der Waals surface area (Å²) in [5, 5.41) is 9.72. The molecule has 0 saturated carbocycles. The lowest BCUT2D eigenvalue weighted by molar-refractivity contribution is 1.19. The van der Waals surface area contributed by atoms with Crippen LogP contribution in [0.4, 0.5) is 34.4 Å². The summed E-state index contributed by atoms with van der Waals surface area (Å²) in [5.74, 6) is 1.75. The number of hydrogen-bond donors (Lipinski definition) is 0. The van der Waals surface area contributed by atoms with Crippen molar-refractivity contribution in [3.8, 4) is 0 Å². The predicted octanol–water partition coefficient (Wildman–Crippen LogP) is 11.5. The smallest absolute Gasteiger partial charge is 0.137 e. The Morgan fingerprint density at radius 2 is 0.717 bits per heavy atom. The van der Waals surface area contributed by atoms with E-state index in [0.717, 1.165) is 34.4 Å². The molecule has 0 aliphatic carbocycles. The van der Waals surface area contributed by atoms with E-state index in [2.05, 4.69) is 143 Å². The second-order valence-corrected chi connectivity index (χ2v) is 11.4. The average molecular weight is 589 g/mol. The van der Waals surface area contributed by atoms with E-state index in [-0.39, 0.29) is 0 Å². The summed E-state index contributed by atoms with van der Waals surface area (Å²) in [4.78, 5) is 14.2. The third-order valence-electron chi connectivity index (χ3n) is 8.86. The van der Waals surface area contributed by atoms with E-state index in [1.165, 1.54) is 43.1 Å². The highest BCUT2D eigenvalue weighted by atomic mass is 15.2. The van der Waals surface area contributed by atoms with Crippen molar-refractivity contribution in [2.75, 3.05) is 9.80 Å². The molecule has 0 radical (unpaired) electrons. The van der Waals surface area contributed by atoms with Crippen molar-refractivity contribution in [1.82, 2.24) is 9.97 Å². The maximum atomic E-state index is 4.84. The molecule has 9 rings (SSSR count). The third-order valence-corrected chi connectivity index (χ3v) is 8.86. The fourth-order valence-electron chi connectivity index (χ4n) is 6.96. The molecule has 2 aromatic heterocycles. The third kappa shape index (κ3) is 4.08. The molecule has 0 atom stereocenters. The van der Waals surface area contributed by atoms with Gasteiger partial charge in [-0.05, 0) is 82.2 Å². The highest BCUT2D eigenvalue weighted by Gasteiger charge is 2.25. The first-order valence-electron chi connectivity index (χ1n) is 15.5. The lowest BCUT2D eigenvalue weighted by Gasteiger charge is -2.29. The van der Waals surface area contributed by atoms with Gasteiger partial charge in [0.05, 0.1) is 11.4 Å². The van der Waals surface area contributed by atoms with Crippen molar-refractivity contribution in [3.05, 3.63) is 170 Å². The van der Waals surface area contributed by atoms with Crippen molar-refractivity contribution in [1.29, 1.82) is 0 Å². The summed E-state index contributed by atoms with van der Waals surface area (Å²) in [7, 11) is 0. The van der Waals surface area contributed by atoms with Gasteiger partial charge in [-0.2, -0.15) is 0 Å². The topological polar surface area (TPSA) is 32.3 Å². The number of anilines is 6. The minimum atomic E-state index is 0.874. The van der Waals surface area contributed by atoms with Crippen LogP contribution in [0.1, 0.15) is 0 Å². The molecule has 0 bridgehead atoms. The number of hydrogen-bond acceptors (Lipinski definition) is 4. The quantitative estimate of drug-likeness (QED) is 0.143. The summed E-state index contributed by atoms with van der Waals surface area (Å²) in [6.45, 7) is 0. The van der Waals surface area contributed by atoms with E-state index >= 15 is 0 Å². The Bertz CT molecular complexity index is 2210. The van der Waals surface area contributed by atoms with Gasteiger partial charge in [-0.1, -0.05) is 97.1 Å². The number of aromatic nitrogens is 2. The van der Waals surface area contributed by atoms with Crippen molar-refractivity contribution in [3.63, 3.8) is 0 Å². The van der Waals surface area contributed by atoms with Gasteiger partial charge in [-0.25, -0.2) is 9.97 Å². The lowest BCUT2D eigenvalue weighted by Crippen LogP contribution is -2.13. The molecule has 46 heavy (non-hydrogen) atoms. The fourth-order valence-corrected chi connectivity index (χ4v) is 6.96. The molecule has 0 aliphatic rings. The summed E-state index contributed by atoms with van der Waals surface area (Å²) < 4.78 is 0. The van der Waals surface area contributed by atoms with Gasteiger partial charge < -0.3 is 0 Å². The largest absolute Gasteiger partial charge is 0.294 e. The van der Waals surface area contributed by atoms with Gasteiger partial charge >= 0.3 is 0 Å². The van der Waals surface area contributed by atoms with Crippen LogP contribution in [0, 0.1) is 0 Å². The highest BCUT2D eigenvalue weighted by molar-refractivity contribution is 6.38. The van der Waals surface area contributed by atoms with Crippen molar-refractivity contribution < 1.29 is 0 Å². The first kappa shape index (κ1) is 26.2. The van der Waals surface area contributed by atoms with Crippen LogP contribution in [0.2, 0.25) is 0 Å². The van der Waals surface area contributed by atoms with Crippen LogP contribution in [0.5, 0.6) is 0 Å². The van der Waals surface area contributed by atoms with Gasteiger partial charge in [0.25, 0.3) is 0 Å². The second-order valence-electron chi connectivity index (χ2n) is 11.4. The van der Waals surface area contributed by atoms with Gasteiger partial charge in [0.2, 0.25) is 0 Å². The van der Waals surface area contributed by atoms with Gasteiger partial charge in [0.15, 0.2) is 0 Å². The molecular weight excluding hydrogens is 560 g/mol. The molecule has 216 valence electrons. The molecule has 0 saturated heterocycles. The number of benzene rings is 7. The standard InChI is InChI=1S/C42H28N4/c1-3-13-31(14-4-1)45(37-19-9-11-27-43-37)35-25-23-29-21-22-30-24-26-36(42-34-18-8-7-17-33(34)41(35)39(29)40(30)42)46(32-15-5-2-6-16-32)38-20-10-12-28-44-38/h1-28H. The van der Waals surface area contributed by atoms with Gasteiger partial charge in [-0.15, -0.1) is 0 Å². The molecule has 2 heterocycles. The van der Waals surface area contributed by atoms with E-state index < -0.39 is 0 Å². The summed E-state index contributed by atoms with van der Waals surface area (Å²) in [5.41, 5.74) is 4.31. The van der Waals surface area contributed by atoms with E-state index in [4.69, 9.17) is 9.97 Å². The average Bonchev–Trinajstić information content (AvgIpc) is 3.13. The maximum absolute atomic E-state index is 4.84. The van der Waals surface area contributed by atoms with E-state index in [9.17, 15) is 0 Å². The van der Waals surface area contributed by atoms with Crippen LogP contribution in [-0.4, -0.2) is 9.97 Å². The molecule has 9 aromatic rings. The Balaban J connectivity index is 1.45. The summed E-state index contributed by atoms with van der Waals surface area (Å²) in [6.07, 6.45) is 3.72. The fraction of sp³-hybridized carbons (Fsp3) is 0. The summed E-state index contributed by atoms with van der Waals surface area (Å²) >= 11 is 0. The minimum Gasteiger partial charge on any atom is -0.294 e. The van der Waals surface area contributed by atoms with Crippen molar-refractivity contribution in [2.45, 2.75) is 0 Å². The van der Waals surface area contributed by atoms with Gasteiger partial charge in [-0.3, -0.25) is 9.80 Å². The van der Waals surface area contributed by atoms with Crippen LogP contribution in [0.3, 0.4) is 0 Å². The van der Waals surface area contributed by atoms with Crippen LogP contribution < -0.4 is 9.80 Å². The van der Waals surface area contributed by atoms with Gasteiger partial charge in [0.1, 0.15) is 11.6 Å². The molecule has 0 N–H and O–H groups in total. The molecule has 0 spiro atoms. The number of nitrogens with zero attached hydrogens (tertiary/aromatic N) is 4. The first-order valence-corrected chi connectivity index (χ1v) is 15.5. The molecule has 7 aromatic carbocycles. The molecule has 0 fully saturated rings. The Morgan fingerprint density at radius 3 is 1.13 bits per heavy atom. The highest BCUT2D eigenvalue weighted by Crippen LogP contribution is 2.50. The normalized spacial score (nSPS) is 11.5. The predicted molar refractivity (Wildman–Crippen MR) is 193 cm³/mol. The number of pyridine rings is 2. The number of para-hydroxylation sites is 2. The number of fused-ring (bicyclic) bond motifs is 3. The van der Waals surface area contributed by atoms with Crippen LogP contribution in [0.15, 0.2) is 170 Å². The SMILES string of the molecule is c1ccc(N(c2ccccn2)c2ccc3ccc4ccc(N(c5ccccc5)c5ccccn5)c5c6ccccc6c2c3c45)cc1. The van der Waals surface area contributed by atoms with Gasteiger partial charge in [0, 0.05) is 45.3 Å². The molecule has 4 heteroatoms. The second kappa shape index (κ2) is 10.7. The maximum Gasteiger partial charge on any atom is 0.137 e. The van der Waals surface area contributed by atoms with E-state index in [0.29, 0.717) is 0 Å². The Labute approximate surface area is 266 Å². The van der Waals surface area contributed by atoms with Crippen molar-refractivity contribution >= 4 is 77.5 Å². The monoisotopic (exact) mass is 588 g/mol. The van der Waals surface area contributed by atoms with E-state index in [1.54, 1.807) is 0 Å². The minimum absolute atomic E-state index is 0.874. The van der Waals surface area contributed by atoms with Crippen LogP contribution >= 0.6 is 0 Å². The summed E-state index contributed by atoms with van der Waals surface area (Å²) in [6, 6.07) is 55.6. The van der Waals surface area contributed by atoms with E-state index in [1.807, 2.05) is 36.7 Å². The zero-order chi connectivity index (χ0) is 30.5. The lowest BCUT2D eigenvalue weighted by atomic mass is 9.87. The Hall–Kier alpha value is -6.26. The first-order chi connectivity index (χ1) is 22.9. The molecule has 0 aliphatic heterocycles. The Morgan fingerprint density at radius 1 is 0.326 bits per heavy atom. The number of rotatable bonds is 6. The zero-order valence-electron chi connectivity index (χ0n) is 25.0. The molecular formula is C42H28N4. The van der Waals surface area contributed by atoms with Crippen molar-refractivity contribution in [2.24, 2.45) is 0 Å². The Kier molecular flexibility index (Phi) is 6.10.